The molecule has 0 fully saturated rings. The fourth-order valence-corrected chi connectivity index (χ4v) is 1.39. The van der Waals surface area contributed by atoms with Crippen LogP contribution in [0.2, 0.25) is 0 Å². The second-order valence-electron chi connectivity index (χ2n) is 3.39. The lowest BCUT2D eigenvalue weighted by molar-refractivity contribution is -0.139. The molecule has 1 N–H and O–H groups in total. The van der Waals surface area contributed by atoms with Crippen LogP contribution in [0.3, 0.4) is 0 Å². The average molecular weight is 233 g/mol. The summed E-state index contributed by atoms with van der Waals surface area (Å²) in [5.41, 5.74) is 0.896. The summed E-state index contributed by atoms with van der Waals surface area (Å²) in [5.74, 6) is -0.426. The molecule has 0 amide bonds. The van der Waals surface area contributed by atoms with Crippen LogP contribution in [0, 0.1) is 0 Å². The maximum Gasteiger partial charge on any atom is 0.341 e. The van der Waals surface area contributed by atoms with Crippen LogP contribution in [-0.2, 0) is 11.8 Å². The molecule has 1 heterocycles. The molecule has 0 bridgehead atoms. The number of hydrogen-bond acceptors (Lipinski definition) is 4. The van der Waals surface area contributed by atoms with Crippen LogP contribution >= 0.6 is 0 Å². The van der Waals surface area contributed by atoms with E-state index in [2.05, 4.69) is 10.1 Å². The molecule has 0 spiro atoms. The van der Waals surface area contributed by atoms with Gasteiger partial charge in [-0.3, -0.25) is 0 Å². The molecule has 0 aliphatic heterocycles. The van der Waals surface area contributed by atoms with Crippen molar-refractivity contribution in [2.24, 2.45) is 7.05 Å². The Morgan fingerprint density at radius 1 is 1.41 bits per heavy atom. The molecular formula is C11H11N3O3. The Hall–Kier alpha value is -2.37. The number of benzene rings is 1. The predicted molar refractivity (Wildman–Crippen MR) is 59.6 cm³/mol. The van der Waals surface area contributed by atoms with E-state index in [9.17, 15) is 4.79 Å². The number of aliphatic carboxylic acids is 1. The smallest absolute Gasteiger partial charge is 0.341 e. The van der Waals surface area contributed by atoms with Crippen molar-refractivity contribution in [3.05, 3.63) is 30.3 Å². The van der Waals surface area contributed by atoms with E-state index < -0.39 is 12.6 Å². The second kappa shape index (κ2) is 4.65. The van der Waals surface area contributed by atoms with Crippen LogP contribution in [0.1, 0.15) is 0 Å². The summed E-state index contributed by atoms with van der Waals surface area (Å²) >= 11 is 0. The zero-order chi connectivity index (χ0) is 12.3. The molecule has 2 aromatic rings. The Morgan fingerprint density at radius 2 is 2.12 bits per heavy atom. The van der Waals surface area contributed by atoms with E-state index in [1.54, 1.807) is 11.7 Å². The normalized spacial score (nSPS) is 10.2. The van der Waals surface area contributed by atoms with Gasteiger partial charge in [-0.25, -0.2) is 9.48 Å². The van der Waals surface area contributed by atoms with Gasteiger partial charge in [0.2, 0.25) is 0 Å². The summed E-state index contributed by atoms with van der Waals surface area (Å²) in [6.07, 6.45) is 0. The van der Waals surface area contributed by atoms with Gasteiger partial charge in [-0.1, -0.05) is 30.3 Å². The van der Waals surface area contributed by atoms with Gasteiger partial charge in [-0.2, -0.15) is 4.98 Å². The molecule has 88 valence electrons. The van der Waals surface area contributed by atoms with Gasteiger partial charge < -0.3 is 9.84 Å². The summed E-state index contributed by atoms with van der Waals surface area (Å²) in [7, 11) is 1.73. The number of aryl methyl sites for hydroxylation is 1. The van der Waals surface area contributed by atoms with E-state index in [1.165, 1.54) is 0 Å². The van der Waals surface area contributed by atoms with Gasteiger partial charge in [0.25, 0.3) is 0 Å². The lowest BCUT2D eigenvalue weighted by Crippen LogP contribution is -2.10. The van der Waals surface area contributed by atoms with Crippen molar-refractivity contribution in [1.29, 1.82) is 0 Å². The molecule has 1 aromatic heterocycles. The van der Waals surface area contributed by atoms with Crippen LogP contribution in [0.15, 0.2) is 30.3 Å². The molecule has 17 heavy (non-hydrogen) atoms. The van der Waals surface area contributed by atoms with Crippen LogP contribution in [-0.4, -0.2) is 32.4 Å². The predicted octanol–water partition coefficient (Wildman–Crippen LogP) is 0.946. The lowest BCUT2D eigenvalue weighted by atomic mass is 10.2. The first-order valence-corrected chi connectivity index (χ1v) is 4.98. The summed E-state index contributed by atoms with van der Waals surface area (Å²) in [6.45, 7) is -0.446. The van der Waals surface area contributed by atoms with Gasteiger partial charge in [0.1, 0.15) is 0 Å². The number of carboxylic acids is 1. The fourth-order valence-electron chi connectivity index (χ4n) is 1.39. The summed E-state index contributed by atoms with van der Waals surface area (Å²) in [5, 5.41) is 12.5. The van der Waals surface area contributed by atoms with E-state index in [1.807, 2.05) is 30.3 Å². The third-order valence-corrected chi connectivity index (χ3v) is 2.10. The Labute approximate surface area is 97.5 Å². The van der Waals surface area contributed by atoms with Crippen molar-refractivity contribution < 1.29 is 14.6 Å². The highest BCUT2D eigenvalue weighted by Crippen LogP contribution is 2.18. The number of aromatic nitrogens is 3. The highest BCUT2D eigenvalue weighted by molar-refractivity contribution is 5.68. The van der Waals surface area contributed by atoms with E-state index in [0.29, 0.717) is 5.82 Å². The first-order valence-electron chi connectivity index (χ1n) is 4.98. The molecule has 6 nitrogen and oxygen atoms in total. The van der Waals surface area contributed by atoms with Crippen molar-refractivity contribution in [3.8, 4) is 17.4 Å². The molecule has 0 radical (unpaired) electrons. The van der Waals surface area contributed by atoms with Crippen LogP contribution in [0.25, 0.3) is 11.4 Å². The number of carboxylic acid groups (broad SMARTS) is 1. The molecule has 2 rings (SSSR count). The minimum Gasteiger partial charge on any atom is -0.479 e. The van der Waals surface area contributed by atoms with Crippen LogP contribution in [0.4, 0.5) is 0 Å². The van der Waals surface area contributed by atoms with Crippen molar-refractivity contribution in [1.82, 2.24) is 14.8 Å². The Bertz CT molecular complexity index is 522. The maximum absolute atomic E-state index is 10.3. The molecule has 1 aromatic carbocycles. The van der Waals surface area contributed by atoms with Gasteiger partial charge in [-0.15, -0.1) is 5.10 Å². The average Bonchev–Trinajstić information content (AvgIpc) is 2.69. The van der Waals surface area contributed by atoms with Crippen LogP contribution in [0.5, 0.6) is 6.01 Å². The van der Waals surface area contributed by atoms with E-state index in [4.69, 9.17) is 9.84 Å². The maximum atomic E-state index is 10.3. The SMILES string of the molecule is Cn1nc(OCC(=O)O)nc1-c1ccccc1. The number of ether oxygens (including phenoxy) is 1. The topological polar surface area (TPSA) is 77.2 Å². The van der Waals surface area contributed by atoms with Crippen molar-refractivity contribution >= 4 is 5.97 Å². The minimum absolute atomic E-state index is 0.0637. The third kappa shape index (κ3) is 2.60. The van der Waals surface area contributed by atoms with E-state index in [-0.39, 0.29) is 6.01 Å². The zero-order valence-corrected chi connectivity index (χ0v) is 9.20. The monoisotopic (exact) mass is 233 g/mol. The Morgan fingerprint density at radius 3 is 2.76 bits per heavy atom. The number of hydrogen-bond donors (Lipinski definition) is 1. The molecule has 0 aliphatic rings. The molecule has 0 unspecified atom stereocenters. The van der Waals surface area contributed by atoms with Crippen molar-refractivity contribution in [3.63, 3.8) is 0 Å². The molecule has 0 saturated heterocycles. The molecule has 0 atom stereocenters. The number of rotatable bonds is 4. The van der Waals surface area contributed by atoms with Gasteiger partial charge in [0.15, 0.2) is 12.4 Å². The highest BCUT2D eigenvalue weighted by atomic mass is 16.5. The lowest BCUT2D eigenvalue weighted by Gasteiger charge is -1.97. The molecule has 0 saturated carbocycles. The van der Waals surface area contributed by atoms with Gasteiger partial charge in [0.05, 0.1) is 0 Å². The third-order valence-electron chi connectivity index (χ3n) is 2.10. The molecule has 6 heteroatoms. The minimum atomic E-state index is -1.06. The first-order chi connectivity index (χ1) is 8.16. The van der Waals surface area contributed by atoms with Gasteiger partial charge in [-0.05, 0) is 0 Å². The highest BCUT2D eigenvalue weighted by Gasteiger charge is 2.10. The Kier molecular flexibility index (Phi) is 3.04. The summed E-state index contributed by atoms with van der Waals surface area (Å²) < 4.78 is 6.46. The largest absolute Gasteiger partial charge is 0.479 e. The Balaban J connectivity index is 2.22. The second-order valence-corrected chi connectivity index (χ2v) is 3.39. The fraction of sp³-hybridized carbons (Fsp3) is 0.182. The quantitative estimate of drug-likeness (QED) is 0.850. The summed E-state index contributed by atoms with van der Waals surface area (Å²) in [4.78, 5) is 14.5. The summed E-state index contributed by atoms with van der Waals surface area (Å²) in [6, 6.07) is 9.54. The van der Waals surface area contributed by atoms with E-state index >= 15 is 0 Å². The van der Waals surface area contributed by atoms with Crippen molar-refractivity contribution in [2.45, 2.75) is 0 Å². The number of nitrogens with zero attached hydrogens (tertiary/aromatic N) is 3. The zero-order valence-electron chi connectivity index (χ0n) is 9.20. The van der Waals surface area contributed by atoms with Crippen LogP contribution < -0.4 is 4.74 Å². The molecular weight excluding hydrogens is 222 g/mol. The van der Waals surface area contributed by atoms with Gasteiger partial charge in [0, 0.05) is 12.6 Å². The van der Waals surface area contributed by atoms with Gasteiger partial charge >= 0.3 is 12.0 Å². The van der Waals surface area contributed by atoms with Crippen molar-refractivity contribution in [2.75, 3.05) is 6.61 Å². The standard InChI is InChI=1S/C11H11N3O3/c1-14-10(8-5-3-2-4-6-8)12-11(13-14)17-7-9(15)16/h2-6H,7H2,1H3,(H,15,16). The first kappa shape index (κ1) is 11.1. The molecule has 0 aliphatic carbocycles. The number of carbonyl (C=O) groups is 1. The van der Waals surface area contributed by atoms with E-state index in [0.717, 1.165) is 5.56 Å².